The van der Waals surface area contributed by atoms with Crippen LogP contribution in [0.3, 0.4) is 0 Å². The second-order valence-electron chi connectivity index (χ2n) is 7.16. The van der Waals surface area contributed by atoms with E-state index in [9.17, 15) is 21.8 Å². The first kappa shape index (κ1) is 29.6. The predicted molar refractivity (Wildman–Crippen MR) is 135 cm³/mol. The third-order valence-electron chi connectivity index (χ3n) is 4.71. The summed E-state index contributed by atoms with van der Waals surface area (Å²) < 4.78 is 61.9. The molecule has 34 heavy (non-hydrogen) atoms. The Kier molecular flexibility index (Phi) is 10.1. The van der Waals surface area contributed by atoms with E-state index in [0.717, 1.165) is 22.8 Å². The van der Waals surface area contributed by atoms with Crippen LogP contribution >= 0.6 is 35.3 Å². The van der Waals surface area contributed by atoms with E-state index in [0.29, 0.717) is 17.1 Å². The number of benzene rings is 3. The zero-order valence-corrected chi connectivity index (χ0v) is 21.0. The topological polar surface area (TPSA) is 118 Å². The van der Waals surface area contributed by atoms with Crippen molar-refractivity contribution in [3.63, 3.8) is 0 Å². The van der Waals surface area contributed by atoms with E-state index < -0.39 is 28.8 Å². The molecule has 178 valence electrons. The molecule has 0 atom stereocenters. The normalized spacial score (nSPS) is 12.3. The number of nitrogens with two attached hydrogens (primary N) is 1. The summed E-state index contributed by atoms with van der Waals surface area (Å²) in [5.74, 6) is 1.13. The maximum atomic E-state index is 13.9. The van der Waals surface area contributed by atoms with Gasteiger partial charge in [0.15, 0.2) is 0 Å². The summed E-state index contributed by atoms with van der Waals surface area (Å²) in [5.41, 5.74) is -1.75. The molecule has 0 heterocycles. The Balaban J connectivity index is 0.00000408. The van der Waals surface area contributed by atoms with Crippen molar-refractivity contribution in [3.05, 3.63) is 87.9 Å². The fourth-order valence-electron chi connectivity index (χ4n) is 2.98. The summed E-state index contributed by atoms with van der Waals surface area (Å²) in [6.45, 7) is 0. The van der Waals surface area contributed by atoms with E-state index in [2.05, 4.69) is 15.9 Å². The molecule has 3 aromatic rings. The Bertz CT molecular complexity index is 1320. The van der Waals surface area contributed by atoms with Gasteiger partial charge in [-0.15, -0.1) is 0 Å². The summed E-state index contributed by atoms with van der Waals surface area (Å²) in [7, 11) is -9.42. The van der Waals surface area contributed by atoms with Gasteiger partial charge in [0.1, 0.15) is 0 Å². The number of hydrogen-bond donors (Lipinski definition) is 3. The van der Waals surface area contributed by atoms with Crippen molar-refractivity contribution in [2.24, 2.45) is 5.14 Å². The van der Waals surface area contributed by atoms with E-state index in [1.54, 1.807) is 12.1 Å². The van der Waals surface area contributed by atoms with Gasteiger partial charge in [0.25, 0.3) is 0 Å². The summed E-state index contributed by atoms with van der Waals surface area (Å²) in [6.07, 6.45) is 0. The molecule has 13 heteroatoms. The monoisotopic (exact) mass is 601 g/mol. The molecule has 3 rings (SSSR count). The molecule has 0 saturated carbocycles. The van der Waals surface area contributed by atoms with E-state index >= 15 is 0 Å². The van der Waals surface area contributed by atoms with Crippen molar-refractivity contribution in [2.75, 3.05) is 0 Å². The molecule has 0 amide bonds. The molecule has 0 aliphatic heterocycles. The first-order valence-electron chi connectivity index (χ1n) is 9.31. The predicted octanol–water partition coefficient (Wildman–Crippen LogP) is 4.78. The van der Waals surface area contributed by atoms with Crippen molar-refractivity contribution >= 4 is 74.9 Å². The molecule has 0 saturated heterocycles. The molecule has 0 aliphatic carbocycles. The molecule has 0 unspecified atom stereocenters. The van der Waals surface area contributed by atoms with Gasteiger partial charge in [0.2, 0.25) is 10.0 Å². The van der Waals surface area contributed by atoms with Gasteiger partial charge in [-0.1, -0.05) is 64.5 Å². The fraction of sp³-hybridized carbons (Fsp3) is 0.143. The van der Waals surface area contributed by atoms with Crippen LogP contribution in [0.2, 0.25) is 0 Å². The molecule has 0 bridgehead atoms. The van der Waals surface area contributed by atoms with E-state index in [1.807, 2.05) is 24.3 Å². The van der Waals surface area contributed by atoms with Crippen LogP contribution in [0.25, 0.3) is 11.1 Å². The molecule has 3 aromatic carbocycles. The van der Waals surface area contributed by atoms with E-state index in [-0.39, 0.29) is 38.9 Å². The van der Waals surface area contributed by atoms with Crippen LogP contribution in [0, 0.1) is 0 Å². The third-order valence-corrected chi connectivity index (χ3v) is 8.33. The third kappa shape index (κ3) is 7.22. The second-order valence-corrected chi connectivity index (χ2v) is 12.2. The number of alkyl halides is 2. The molecule has 6 nitrogen and oxygen atoms in total. The zero-order chi connectivity index (χ0) is 24.4. The number of halogens is 3. The van der Waals surface area contributed by atoms with Gasteiger partial charge in [0, 0.05) is 21.5 Å². The van der Waals surface area contributed by atoms with Gasteiger partial charge in [0.05, 0.1) is 4.90 Å². The van der Waals surface area contributed by atoms with Crippen molar-refractivity contribution in [2.45, 2.75) is 22.1 Å². The Morgan fingerprint density at radius 3 is 2.09 bits per heavy atom. The van der Waals surface area contributed by atoms with E-state index in [4.69, 9.17) is 14.9 Å². The summed E-state index contributed by atoms with van der Waals surface area (Å²) in [6, 6.07) is 17.8. The van der Waals surface area contributed by atoms with Crippen molar-refractivity contribution in [3.8, 4) is 11.1 Å². The van der Waals surface area contributed by atoms with Crippen LogP contribution in [-0.4, -0.2) is 47.8 Å². The number of rotatable bonds is 8. The van der Waals surface area contributed by atoms with Crippen molar-refractivity contribution < 1.29 is 31.6 Å². The van der Waals surface area contributed by atoms with Crippen LogP contribution in [0.4, 0.5) is 8.78 Å². The van der Waals surface area contributed by atoms with Crippen LogP contribution in [-0.2, 0) is 31.8 Å². The molecular weight excluding hydrogens is 582 g/mol. The average molecular weight is 602 g/mol. The quantitative estimate of drug-likeness (QED) is 0.253. The average Bonchev–Trinajstić information content (AvgIpc) is 2.73. The van der Waals surface area contributed by atoms with Crippen LogP contribution in [0.15, 0.2) is 76.1 Å². The summed E-state index contributed by atoms with van der Waals surface area (Å²) in [5, 5.41) is 5.18. The zero-order valence-electron chi connectivity index (χ0n) is 16.9. The molecule has 0 spiro atoms. The van der Waals surface area contributed by atoms with E-state index in [1.165, 1.54) is 36.0 Å². The van der Waals surface area contributed by atoms with Crippen molar-refractivity contribution in [1.82, 2.24) is 0 Å². The number of sulfonamides is 1. The van der Waals surface area contributed by atoms with Crippen LogP contribution in [0.1, 0.15) is 16.7 Å². The molecule has 4 N–H and O–H groups in total. The second kappa shape index (κ2) is 11.6. The van der Waals surface area contributed by atoms with Gasteiger partial charge in [-0.05, 0) is 40.5 Å². The first-order valence-corrected chi connectivity index (χ1v) is 14.4. The summed E-state index contributed by atoms with van der Waals surface area (Å²) in [4.78, 5) is 17.8. The van der Waals surface area contributed by atoms with Crippen molar-refractivity contribution in [1.29, 1.82) is 0 Å². The number of primary sulfonamides is 1. The van der Waals surface area contributed by atoms with Crippen LogP contribution < -0.4 is 5.14 Å². The molecule has 0 fully saturated rings. The van der Waals surface area contributed by atoms with Gasteiger partial charge >= 0.3 is 42.8 Å². The number of hydrogen-bond acceptors (Lipinski definition) is 4. The molecule has 0 radical (unpaired) electrons. The summed E-state index contributed by atoms with van der Waals surface area (Å²) >= 11 is 4.52. The fourth-order valence-corrected chi connectivity index (χ4v) is 5.82. The van der Waals surface area contributed by atoms with Gasteiger partial charge in [-0.3, -0.25) is 4.57 Å². The van der Waals surface area contributed by atoms with Gasteiger partial charge < -0.3 is 9.79 Å². The maximum absolute atomic E-state index is 13.9. The number of thioether (sulfide) groups is 1. The molecule has 0 aliphatic rings. The Hall–Kier alpha value is -0.590. The molecule has 0 aromatic heterocycles. The Labute approximate surface area is 231 Å². The SMILES string of the molecule is NS(=O)(=O)c1cccc(-c2ccc(CSCc3ccc(C(F)(F)P(=O)(O)O)c(Br)c3)cc2)c1.[NaH]. The van der Waals surface area contributed by atoms with Crippen LogP contribution in [0.5, 0.6) is 0 Å². The minimum atomic E-state index is -5.64. The minimum absolute atomic E-state index is 0. The first-order chi connectivity index (χ1) is 15.3. The van der Waals surface area contributed by atoms with Gasteiger partial charge in [-0.25, -0.2) is 13.6 Å². The van der Waals surface area contributed by atoms with Gasteiger partial charge in [-0.2, -0.15) is 20.5 Å². The molecular formula is C21H20BrF2NNaO5PS2. The Morgan fingerprint density at radius 1 is 0.941 bits per heavy atom. The Morgan fingerprint density at radius 2 is 1.53 bits per heavy atom. The standard InChI is InChI=1S/C21H19BrF2NO5PS2.Na.H/c22-20-10-15(6-9-19(20)21(23,24)31(26,27)28)13-32-12-14-4-7-16(8-5-14)17-2-1-3-18(11-17)33(25,29)30;;/h1-11H,12-13H2,(H2,25,29,30)(H2,26,27,28);;.